The lowest BCUT2D eigenvalue weighted by Gasteiger charge is -2.19. The van der Waals surface area contributed by atoms with E-state index in [1.807, 2.05) is 36.2 Å². The summed E-state index contributed by atoms with van der Waals surface area (Å²) in [5.41, 5.74) is 7.97. The fourth-order valence-corrected chi connectivity index (χ4v) is 2.13. The molecule has 2 rings (SSSR count). The highest BCUT2D eigenvalue weighted by atomic mass is 35.5. The third-order valence-electron chi connectivity index (χ3n) is 2.75. The molecule has 0 aliphatic rings. The van der Waals surface area contributed by atoms with Crippen LogP contribution < -0.4 is 10.6 Å². The summed E-state index contributed by atoms with van der Waals surface area (Å²) in [7, 11) is 1.98. The van der Waals surface area contributed by atoms with Crippen LogP contribution in [-0.2, 0) is 13.1 Å². The van der Waals surface area contributed by atoms with Crippen LogP contribution in [0.2, 0.25) is 5.02 Å². The number of hydrogen-bond donors (Lipinski definition) is 1. The second kappa shape index (κ2) is 5.85. The van der Waals surface area contributed by atoms with Gasteiger partial charge in [0.05, 0.1) is 5.02 Å². The van der Waals surface area contributed by atoms with Gasteiger partial charge in [-0.1, -0.05) is 35.9 Å². The van der Waals surface area contributed by atoms with E-state index in [2.05, 4.69) is 17.1 Å². The molecule has 0 saturated heterocycles. The van der Waals surface area contributed by atoms with Crippen molar-refractivity contribution in [3.05, 3.63) is 58.7 Å². The van der Waals surface area contributed by atoms with Crippen molar-refractivity contribution in [3.63, 3.8) is 0 Å². The maximum absolute atomic E-state index is 6.12. The van der Waals surface area contributed by atoms with Crippen LogP contribution in [0.15, 0.2) is 42.6 Å². The van der Waals surface area contributed by atoms with E-state index < -0.39 is 0 Å². The molecule has 2 aromatic rings. The largest absolute Gasteiger partial charge is 0.354 e. The summed E-state index contributed by atoms with van der Waals surface area (Å²) < 4.78 is 0. The van der Waals surface area contributed by atoms with Crippen molar-refractivity contribution >= 4 is 17.4 Å². The number of nitrogens with two attached hydrogens (primary N) is 1. The molecule has 0 atom stereocenters. The second-order valence-corrected chi connectivity index (χ2v) is 4.60. The van der Waals surface area contributed by atoms with E-state index in [-0.39, 0.29) is 0 Å². The summed E-state index contributed by atoms with van der Waals surface area (Å²) in [4.78, 5) is 6.31. The molecular formula is C14H16ClN3. The highest BCUT2D eigenvalue weighted by Gasteiger charge is 2.07. The highest BCUT2D eigenvalue weighted by Crippen LogP contribution is 2.22. The molecule has 2 N–H and O–H groups in total. The molecule has 1 aromatic heterocycles. The smallest absolute Gasteiger partial charge is 0.147 e. The minimum Gasteiger partial charge on any atom is -0.354 e. The number of benzene rings is 1. The molecule has 0 saturated carbocycles. The maximum Gasteiger partial charge on any atom is 0.147 e. The predicted octanol–water partition coefficient (Wildman–Crippen LogP) is 2.83. The van der Waals surface area contributed by atoms with Crippen molar-refractivity contribution in [1.29, 1.82) is 0 Å². The van der Waals surface area contributed by atoms with Gasteiger partial charge < -0.3 is 10.6 Å². The van der Waals surface area contributed by atoms with Crippen LogP contribution in [0.25, 0.3) is 0 Å². The van der Waals surface area contributed by atoms with Gasteiger partial charge >= 0.3 is 0 Å². The van der Waals surface area contributed by atoms with Crippen LogP contribution in [-0.4, -0.2) is 12.0 Å². The highest BCUT2D eigenvalue weighted by molar-refractivity contribution is 6.32. The lowest BCUT2D eigenvalue weighted by Crippen LogP contribution is -2.18. The number of aromatic nitrogens is 1. The van der Waals surface area contributed by atoms with E-state index in [9.17, 15) is 0 Å². The zero-order valence-corrected chi connectivity index (χ0v) is 11.1. The van der Waals surface area contributed by atoms with Crippen LogP contribution in [0.4, 0.5) is 5.82 Å². The first kappa shape index (κ1) is 12.9. The van der Waals surface area contributed by atoms with Crippen molar-refractivity contribution in [2.45, 2.75) is 13.1 Å². The van der Waals surface area contributed by atoms with E-state index in [1.165, 1.54) is 5.56 Å². The van der Waals surface area contributed by atoms with E-state index in [1.54, 1.807) is 6.20 Å². The topological polar surface area (TPSA) is 42.1 Å². The summed E-state index contributed by atoms with van der Waals surface area (Å²) in [6.45, 7) is 1.31. The van der Waals surface area contributed by atoms with Crippen LogP contribution in [0.5, 0.6) is 0 Å². The fourth-order valence-electron chi connectivity index (χ4n) is 1.86. The predicted molar refractivity (Wildman–Crippen MR) is 75.7 cm³/mol. The normalized spacial score (nSPS) is 10.4. The molecule has 18 heavy (non-hydrogen) atoms. The van der Waals surface area contributed by atoms with Crippen molar-refractivity contribution in [2.24, 2.45) is 5.73 Å². The van der Waals surface area contributed by atoms with Gasteiger partial charge in [0, 0.05) is 26.3 Å². The molecule has 0 aliphatic heterocycles. The molecule has 1 aromatic carbocycles. The van der Waals surface area contributed by atoms with E-state index in [0.29, 0.717) is 11.6 Å². The summed E-state index contributed by atoms with van der Waals surface area (Å²) in [5.74, 6) is 0.789. The summed E-state index contributed by atoms with van der Waals surface area (Å²) >= 11 is 6.12. The first-order chi connectivity index (χ1) is 8.70. The Morgan fingerprint density at radius 2 is 2.00 bits per heavy atom. The number of anilines is 1. The Bertz CT molecular complexity index is 528. The van der Waals surface area contributed by atoms with Crippen LogP contribution in [0, 0.1) is 0 Å². The lowest BCUT2D eigenvalue weighted by molar-refractivity contribution is 0.894. The Labute approximate surface area is 112 Å². The minimum absolute atomic E-state index is 0.557. The minimum atomic E-state index is 0.557. The van der Waals surface area contributed by atoms with Gasteiger partial charge in [-0.2, -0.15) is 0 Å². The van der Waals surface area contributed by atoms with Gasteiger partial charge in [0.2, 0.25) is 0 Å². The van der Waals surface area contributed by atoms with Gasteiger partial charge in [0.1, 0.15) is 5.82 Å². The number of rotatable bonds is 4. The van der Waals surface area contributed by atoms with E-state index in [0.717, 1.165) is 17.9 Å². The lowest BCUT2D eigenvalue weighted by atomic mass is 10.1. The van der Waals surface area contributed by atoms with Crippen molar-refractivity contribution in [2.75, 3.05) is 11.9 Å². The summed E-state index contributed by atoms with van der Waals surface area (Å²) in [6.07, 6.45) is 1.74. The molecule has 4 heteroatoms. The number of nitrogens with zero attached hydrogens (tertiary/aromatic N) is 2. The molecule has 3 nitrogen and oxygen atoms in total. The third-order valence-corrected chi connectivity index (χ3v) is 3.04. The molecular weight excluding hydrogens is 246 g/mol. The van der Waals surface area contributed by atoms with Crippen LogP contribution >= 0.6 is 11.6 Å². The van der Waals surface area contributed by atoms with Gasteiger partial charge in [0.15, 0.2) is 0 Å². The molecule has 0 amide bonds. The Hall–Kier alpha value is -1.58. The quantitative estimate of drug-likeness (QED) is 0.920. The molecule has 1 heterocycles. The standard InChI is InChI=1S/C14H16ClN3/c1-18(14-13(15)6-3-7-17-14)10-12-5-2-4-11(8-12)9-16/h2-8H,9-10,16H2,1H3. The van der Waals surface area contributed by atoms with E-state index in [4.69, 9.17) is 17.3 Å². The second-order valence-electron chi connectivity index (χ2n) is 4.19. The molecule has 0 aliphatic carbocycles. The molecule has 94 valence electrons. The number of pyridine rings is 1. The molecule has 0 bridgehead atoms. The zero-order chi connectivity index (χ0) is 13.0. The summed E-state index contributed by atoms with van der Waals surface area (Å²) in [5, 5.41) is 0.662. The maximum atomic E-state index is 6.12. The number of halogens is 1. The van der Waals surface area contributed by atoms with Gasteiger partial charge in [-0.15, -0.1) is 0 Å². The van der Waals surface area contributed by atoms with Crippen molar-refractivity contribution in [1.82, 2.24) is 4.98 Å². The monoisotopic (exact) mass is 261 g/mol. The van der Waals surface area contributed by atoms with Crippen LogP contribution in [0.3, 0.4) is 0 Å². The van der Waals surface area contributed by atoms with Crippen LogP contribution in [0.1, 0.15) is 11.1 Å². The van der Waals surface area contributed by atoms with E-state index >= 15 is 0 Å². The van der Waals surface area contributed by atoms with Gasteiger partial charge in [-0.05, 0) is 23.3 Å². The Balaban J connectivity index is 2.16. The number of hydrogen-bond acceptors (Lipinski definition) is 3. The first-order valence-corrected chi connectivity index (χ1v) is 6.18. The fraction of sp³-hybridized carbons (Fsp3) is 0.214. The molecule has 0 unspecified atom stereocenters. The average Bonchev–Trinajstić information content (AvgIpc) is 2.39. The van der Waals surface area contributed by atoms with Gasteiger partial charge in [0.25, 0.3) is 0 Å². The third kappa shape index (κ3) is 3.00. The Kier molecular flexibility index (Phi) is 4.18. The van der Waals surface area contributed by atoms with Gasteiger partial charge in [-0.3, -0.25) is 0 Å². The Morgan fingerprint density at radius 3 is 2.72 bits per heavy atom. The first-order valence-electron chi connectivity index (χ1n) is 5.80. The average molecular weight is 262 g/mol. The molecule has 0 fully saturated rings. The molecule has 0 spiro atoms. The molecule has 0 radical (unpaired) electrons. The van der Waals surface area contributed by atoms with Crippen molar-refractivity contribution < 1.29 is 0 Å². The summed E-state index contributed by atoms with van der Waals surface area (Å²) in [6, 6.07) is 11.9. The SMILES string of the molecule is CN(Cc1cccc(CN)c1)c1ncccc1Cl. The van der Waals surface area contributed by atoms with Crippen molar-refractivity contribution in [3.8, 4) is 0 Å². The zero-order valence-electron chi connectivity index (χ0n) is 10.3. The van der Waals surface area contributed by atoms with Gasteiger partial charge in [-0.25, -0.2) is 4.98 Å². The Morgan fingerprint density at radius 1 is 1.22 bits per heavy atom.